The maximum Gasteiger partial charge on any atom is 0.257 e. The van der Waals surface area contributed by atoms with E-state index in [0.717, 1.165) is 11.1 Å². The number of halogens is 2. The Hall–Kier alpha value is -3.04. The number of methoxy groups -OCH3 is 1. The highest BCUT2D eigenvalue weighted by atomic mass is 19.3. The second-order valence-electron chi connectivity index (χ2n) is 5.36. The molecule has 1 aliphatic carbocycles. The summed E-state index contributed by atoms with van der Waals surface area (Å²) in [6.45, 7) is -0.600. The average Bonchev–Trinajstić information content (AvgIpc) is 3.02. The molecular formula is C15H17F2N7O. The molecule has 2 heterocycles. The zero-order valence-electron chi connectivity index (χ0n) is 13.5. The average molecular weight is 349 g/mol. The number of hydrogen-bond acceptors (Lipinski definition) is 7. The van der Waals surface area contributed by atoms with Crippen LogP contribution in [0.15, 0.2) is 28.4 Å². The number of anilines is 1. The molecule has 0 bridgehead atoms. The summed E-state index contributed by atoms with van der Waals surface area (Å²) in [6.07, 6.45) is 2.03. The summed E-state index contributed by atoms with van der Waals surface area (Å²) in [6, 6.07) is 1.84. The highest BCUT2D eigenvalue weighted by molar-refractivity contribution is 6.48. The van der Waals surface area contributed by atoms with E-state index in [2.05, 4.69) is 20.2 Å². The van der Waals surface area contributed by atoms with Crippen LogP contribution in [-0.2, 0) is 0 Å². The lowest BCUT2D eigenvalue weighted by Gasteiger charge is -2.16. The fourth-order valence-electron chi connectivity index (χ4n) is 2.76. The third-order valence-electron chi connectivity index (χ3n) is 3.83. The van der Waals surface area contributed by atoms with Crippen molar-refractivity contribution in [3.8, 4) is 5.88 Å². The Bertz CT molecular complexity index is 885. The number of ether oxygens (including phenoxy) is 1. The second kappa shape index (κ2) is 6.83. The van der Waals surface area contributed by atoms with Gasteiger partial charge in [0.25, 0.3) is 6.43 Å². The first-order valence-electron chi connectivity index (χ1n) is 7.53. The smallest absolute Gasteiger partial charge is 0.257 e. The lowest BCUT2D eigenvalue weighted by Crippen LogP contribution is -2.20. The largest absolute Gasteiger partial charge is 0.479 e. The van der Waals surface area contributed by atoms with Crippen molar-refractivity contribution >= 4 is 28.5 Å². The monoisotopic (exact) mass is 349 g/mol. The Morgan fingerprint density at radius 3 is 2.88 bits per heavy atom. The number of allylic oxidation sites excluding steroid dienone is 2. The van der Waals surface area contributed by atoms with Crippen LogP contribution in [0.3, 0.4) is 0 Å². The highest BCUT2D eigenvalue weighted by Gasteiger charge is 2.21. The molecule has 0 fully saturated rings. The number of nitrogen functional groups attached to an aromatic ring is 1. The van der Waals surface area contributed by atoms with Crippen LogP contribution in [0.2, 0.25) is 0 Å². The minimum Gasteiger partial charge on any atom is -0.479 e. The molecule has 8 nitrogen and oxygen atoms in total. The second-order valence-corrected chi connectivity index (χ2v) is 5.36. The molecule has 132 valence electrons. The molecule has 4 N–H and O–H groups in total. The quantitative estimate of drug-likeness (QED) is 0.641. The lowest BCUT2D eigenvalue weighted by molar-refractivity contribution is 0.159. The van der Waals surface area contributed by atoms with Crippen molar-refractivity contribution in [3.05, 3.63) is 23.9 Å². The van der Waals surface area contributed by atoms with E-state index < -0.39 is 13.0 Å². The van der Waals surface area contributed by atoms with Crippen LogP contribution in [0, 0.1) is 0 Å². The first-order valence-corrected chi connectivity index (χ1v) is 7.53. The van der Waals surface area contributed by atoms with Gasteiger partial charge in [-0.1, -0.05) is 0 Å². The van der Waals surface area contributed by atoms with Gasteiger partial charge < -0.3 is 16.3 Å². The van der Waals surface area contributed by atoms with Gasteiger partial charge in [0.15, 0.2) is 0 Å². The summed E-state index contributed by atoms with van der Waals surface area (Å²) in [7, 11) is 1.49. The third-order valence-corrected chi connectivity index (χ3v) is 3.83. The Labute approximate surface area is 141 Å². The minimum atomic E-state index is -2.53. The normalized spacial score (nSPS) is 18.3. The van der Waals surface area contributed by atoms with E-state index in [1.807, 2.05) is 6.07 Å². The predicted octanol–water partition coefficient (Wildman–Crippen LogP) is 1.52. The first-order chi connectivity index (χ1) is 12.0. The first kappa shape index (κ1) is 16.8. The van der Waals surface area contributed by atoms with Crippen molar-refractivity contribution in [1.82, 2.24) is 14.6 Å². The molecule has 2 aromatic heterocycles. The van der Waals surface area contributed by atoms with E-state index in [4.69, 9.17) is 16.3 Å². The molecule has 10 heteroatoms. The summed E-state index contributed by atoms with van der Waals surface area (Å²) in [5.41, 5.74) is 8.86. The Morgan fingerprint density at radius 1 is 1.40 bits per heavy atom. The Balaban J connectivity index is 2.10. The summed E-state index contributed by atoms with van der Waals surface area (Å²) in [4.78, 5) is 8.00. The summed E-state index contributed by atoms with van der Waals surface area (Å²) < 4.78 is 31.8. The van der Waals surface area contributed by atoms with E-state index in [-0.39, 0.29) is 5.95 Å². The predicted molar refractivity (Wildman–Crippen MR) is 91.1 cm³/mol. The number of alkyl halides is 2. The topological polar surface area (TPSA) is 116 Å². The maximum absolute atomic E-state index is 12.5. The van der Waals surface area contributed by atoms with Gasteiger partial charge in [0.05, 0.1) is 18.5 Å². The third kappa shape index (κ3) is 3.28. The SMILES string of the molecule is COc1nc(N)nn2ccc(C3=CC(=NCC(F)F)/C(=N\N)CC3)c12. The number of aromatic nitrogens is 3. The van der Waals surface area contributed by atoms with Gasteiger partial charge in [0.2, 0.25) is 11.8 Å². The van der Waals surface area contributed by atoms with Crippen LogP contribution < -0.4 is 16.3 Å². The van der Waals surface area contributed by atoms with Crippen LogP contribution in [-0.4, -0.2) is 46.1 Å². The van der Waals surface area contributed by atoms with Gasteiger partial charge in [-0.2, -0.15) is 10.1 Å². The van der Waals surface area contributed by atoms with Crippen molar-refractivity contribution < 1.29 is 13.5 Å². The summed E-state index contributed by atoms with van der Waals surface area (Å²) in [5, 5.41) is 7.77. The van der Waals surface area contributed by atoms with Gasteiger partial charge in [-0.3, -0.25) is 4.99 Å². The number of nitrogens with zero attached hydrogens (tertiary/aromatic N) is 5. The molecule has 0 atom stereocenters. The van der Waals surface area contributed by atoms with E-state index in [1.54, 1.807) is 16.8 Å². The van der Waals surface area contributed by atoms with E-state index in [1.165, 1.54) is 7.11 Å². The molecule has 2 aromatic rings. The van der Waals surface area contributed by atoms with E-state index in [9.17, 15) is 8.78 Å². The molecule has 0 saturated heterocycles. The van der Waals surface area contributed by atoms with Crippen LogP contribution >= 0.6 is 0 Å². The van der Waals surface area contributed by atoms with Crippen molar-refractivity contribution in [1.29, 1.82) is 0 Å². The number of hydrogen-bond donors (Lipinski definition) is 2. The zero-order valence-corrected chi connectivity index (χ0v) is 13.5. The summed E-state index contributed by atoms with van der Waals surface area (Å²) in [5.74, 6) is 5.76. The molecule has 0 saturated carbocycles. The molecule has 0 aliphatic heterocycles. The number of aliphatic imine (C=N–C) groups is 1. The molecule has 3 rings (SSSR count). The van der Waals surface area contributed by atoms with E-state index >= 15 is 0 Å². The van der Waals surface area contributed by atoms with Crippen LogP contribution in [0.1, 0.15) is 18.4 Å². The van der Waals surface area contributed by atoms with Gasteiger partial charge in [-0.15, -0.1) is 5.10 Å². The fourth-order valence-corrected chi connectivity index (χ4v) is 2.76. The fraction of sp³-hybridized carbons (Fsp3) is 0.333. The number of nitrogens with two attached hydrogens (primary N) is 2. The molecule has 0 aromatic carbocycles. The summed E-state index contributed by atoms with van der Waals surface area (Å²) >= 11 is 0. The highest BCUT2D eigenvalue weighted by Crippen LogP contribution is 2.32. The molecular weight excluding hydrogens is 332 g/mol. The Morgan fingerprint density at radius 2 is 2.20 bits per heavy atom. The minimum absolute atomic E-state index is 0.0841. The van der Waals surface area contributed by atoms with Crippen molar-refractivity contribution in [3.63, 3.8) is 0 Å². The number of hydrazone groups is 1. The van der Waals surface area contributed by atoms with Gasteiger partial charge in [0, 0.05) is 11.8 Å². The van der Waals surface area contributed by atoms with E-state index in [0.29, 0.717) is 35.7 Å². The van der Waals surface area contributed by atoms with Crippen molar-refractivity contribution in [2.24, 2.45) is 15.9 Å². The molecule has 0 radical (unpaired) electrons. The Kier molecular flexibility index (Phi) is 4.59. The maximum atomic E-state index is 12.5. The molecule has 0 amide bonds. The van der Waals surface area contributed by atoms with Crippen molar-refractivity contribution in [2.45, 2.75) is 19.3 Å². The van der Waals surface area contributed by atoms with Crippen LogP contribution in [0.5, 0.6) is 5.88 Å². The number of fused-ring (bicyclic) bond motifs is 1. The molecule has 0 spiro atoms. The van der Waals surface area contributed by atoms with Gasteiger partial charge in [-0.25, -0.2) is 13.3 Å². The van der Waals surface area contributed by atoms with Gasteiger partial charge in [-0.05, 0) is 30.6 Å². The van der Waals surface area contributed by atoms with Crippen LogP contribution in [0.4, 0.5) is 14.7 Å². The zero-order chi connectivity index (χ0) is 18.0. The van der Waals surface area contributed by atoms with Gasteiger partial charge >= 0.3 is 0 Å². The molecule has 1 aliphatic rings. The van der Waals surface area contributed by atoms with Crippen LogP contribution in [0.25, 0.3) is 11.1 Å². The molecule has 0 unspecified atom stereocenters. The van der Waals surface area contributed by atoms with Gasteiger partial charge in [0.1, 0.15) is 12.1 Å². The molecule has 25 heavy (non-hydrogen) atoms. The lowest BCUT2D eigenvalue weighted by atomic mass is 9.91. The standard InChI is InChI=1S/C15H17F2N7O/c1-25-14-13-9(4-5-24(13)23-15(18)21-14)8-2-3-10(22-19)11(6-8)20-7-12(16)17/h4-6,12H,2-3,7,19H2,1H3,(H2,18,23)/b20-11?,22-10-. The van der Waals surface area contributed by atoms with Crippen molar-refractivity contribution in [2.75, 3.05) is 19.4 Å². The number of rotatable bonds is 4.